The first kappa shape index (κ1) is 23.6. The highest BCUT2D eigenvalue weighted by atomic mass is 16.4. The molecule has 0 aliphatic heterocycles. The number of carboxylic acid groups (broad SMARTS) is 2. The van der Waals surface area contributed by atoms with Crippen LogP contribution in [0.25, 0.3) is 0 Å². The Bertz CT molecular complexity index is 559. The van der Waals surface area contributed by atoms with Gasteiger partial charge in [0.1, 0.15) is 0 Å². The van der Waals surface area contributed by atoms with Gasteiger partial charge in [0.15, 0.2) is 0 Å². The zero-order valence-corrected chi connectivity index (χ0v) is 15.7. The number of rotatable bonds is 6. The topological polar surface area (TPSA) is 116 Å². The van der Waals surface area contributed by atoms with Crippen molar-refractivity contribution in [1.82, 2.24) is 5.32 Å². The third-order valence-corrected chi connectivity index (χ3v) is 3.79. The van der Waals surface area contributed by atoms with Crippen molar-refractivity contribution in [2.24, 2.45) is 0 Å². The average Bonchev–Trinajstić information content (AvgIpc) is 2.98. The van der Waals surface area contributed by atoms with Crippen LogP contribution in [0.2, 0.25) is 0 Å². The largest absolute Gasteiger partial charge is 0.473 e. The molecule has 7 heteroatoms. The van der Waals surface area contributed by atoms with E-state index >= 15 is 0 Å². The quantitative estimate of drug-likeness (QED) is 0.349. The van der Waals surface area contributed by atoms with E-state index in [2.05, 4.69) is 43.5 Å². The van der Waals surface area contributed by atoms with Gasteiger partial charge in [0, 0.05) is 5.69 Å². The summed E-state index contributed by atoms with van der Waals surface area (Å²) < 4.78 is 0. The molecule has 0 saturated heterocycles. The van der Waals surface area contributed by atoms with E-state index < -0.39 is 11.9 Å². The van der Waals surface area contributed by atoms with E-state index in [4.69, 9.17) is 19.8 Å². The number of nitrogens with one attached hydrogen (secondary N) is 2. The predicted octanol–water partition coefficient (Wildman–Crippen LogP) is 2.86. The van der Waals surface area contributed by atoms with E-state index in [0.717, 1.165) is 12.1 Å². The van der Waals surface area contributed by atoms with E-state index in [-0.39, 0.29) is 0 Å². The van der Waals surface area contributed by atoms with Crippen LogP contribution < -0.4 is 10.6 Å². The molecule has 2 rings (SSSR count). The van der Waals surface area contributed by atoms with E-state index in [1.165, 1.54) is 49.9 Å². The van der Waals surface area contributed by atoms with E-state index in [1.54, 1.807) is 0 Å². The van der Waals surface area contributed by atoms with Gasteiger partial charge >= 0.3 is 11.9 Å². The third-order valence-electron chi connectivity index (χ3n) is 3.79. The fraction of sp³-hybridized carbons (Fsp3) is 0.526. The molecule has 1 aromatic rings. The molecule has 1 amide bonds. The maximum Gasteiger partial charge on any atom is 0.414 e. The van der Waals surface area contributed by atoms with Crippen molar-refractivity contribution in [3.05, 3.63) is 29.3 Å². The monoisotopic (exact) mass is 366 g/mol. The zero-order chi connectivity index (χ0) is 19.9. The van der Waals surface area contributed by atoms with Gasteiger partial charge in [-0.3, -0.25) is 4.79 Å². The highest BCUT2D eigenvalue weighted by Gasteiger charge is 2.18. The van der Waals surface area contributed by atoms with Crippen LogP contribution in [0.4, 0.5) is 5.69 Å². The Kier molecular flexibility index (Phi) is 12.6. The highest BCUT2D eigenvalue weighted by molar-refractivity contribution is 6.27. The number of hydrogen-bond acceptors (Lipinski definition) is 4. The third kappa shape index (κ3) is 9.78. The summed E-state index contributed by atoms with van der Waals surface area (Å²) in [6, 6.07) is 6.16. The number of aryl methyl sites for hydroxylation is 1. The SMILES string of the molecule is CC1CCc2ccc(NC=O)cc21.CCCNCCC.O=C(O)C(=O)O. The molecule has 0 bridgehead atoms. The van der Waals surface area contributed by atoms with Crippen molar-refractivity contribution in [3.8, 4) is 0 Å². The molecule has 0 fully saturated rings. The van der Waals surface area contributed by atoms with Gasteiger partial charge in [0.2, 0.25) is 6.41 Å². The summed E-state index contributed by atoms with van der Waals surface area (Å²) in [6.45, 7) is 8.95. The Hall–Kier alpha value is -2.41. The van der Waals surface area contributed by atoms with Gasteiger partial charge in [-0.25, -0.2) is 9.59 Å². The summed E-state index contributed by atoms with van der Waals surface area (Å²) in [6.07, 6.45) is 5.64. The van der Waals surface area contributed by atoms with Crippen LogP contribution in [0.5, 0.6) is 0 Å². The van der Waals surface area contributed by atoms with Gasteiger partial charge in [-0.1, -0.05) is 26.8 Å². The maximum absolute atomic E-state index is 10.2. The van der Waals surface area contributed by atoms with Crippen molar-refractivity contribution in [2.45, 2.75) is 52.4 Å². The molecule has 1 aromatic carbocycles. The van der Waals surface area contributed by atoms with E-state index in [9.17, 15) is 4.79 Å². The van der Waals surface area contributed by atoms with Gasteiger partial charge < -0.3 is 20.8 Å². The molecule has 26 heavy (non-hydrogen) atoms. The molecule has 1 aliphatic rings. The number of carboxylic acids is 2. The summed E-state index contributed by atoms with van der Waals surface area (Å²) in [5.41, 5.74) is 3.73. The lowest BCUT2D eigenvalue weighted by molar-refractivity contribution is -0.159. The first-order valence-electron chi connectivity index (χ1n) is 8.87. The van der Waals surface area contributed by atoms with Crippen LogP contribution in [0, 0.1) is 0 Å². The lowest BCUT2D eigenvalue weighted by Gasteiger charge is -2.06. The first-order chi connectivity index (χ1) is 12.4. The minimum atomic E-state index is -1.82. The number of hydrogen-bond donors (Lipinski definition) is 4. The molecule has 0 spiro atoms. The van der Waals surface area contributed by atoms with Gasteiger partial charge in [-0.2, -0.15) is 0 Å². The Balaban J connectivity index is 0.000000411. The molecule has 4 N–H and O–H groups in total. The van der Waals surface area contributed by atoms with Crippen molar-refractivity contribution in [2.75, 3.05) is 18.4 Å². The Morgan fingerprint density at radius 1 is 1.15 bits per heavy atom. The summed E-state index contributed by atoms with van der Waals surface area (Å²) >= 11 is 0. The van der Waals surface area contributed by atoms with Gasteiger partial charge in [-0.15, -0.1) is 0 Å². The minimum Gasteiger partial charge on any atom is -0.473 e. The molecule has 146 valence electrons. The van der Waals surface area contributed by atoms with Crippen LogP contribution in [0.1, 0.15) is 57.1 Å². The molecule has 0 saturated carbocycles. The molecule has 7 nitrogen and oxygen atoms in total. The number of anilines is 1. The molecule has 1 unspecified atom stereocenters. The summed E-state index contributed by atoms with van der Waals surface area (Å²) in [5, 5.41) is 20.7. The smallest absolute Gasteiger partial charge is 0.414 e. The number of carbonyl (C=O) groups excluding carboxylic acids is 1. The number of fused-ring (bicyclic) bond motifs is 1. The van der Waals surface area contributed by atoms with Gasteiger partial charge in [0.05, 0.1) is 0 Å². The highest BCUT2D eigenvalue weighted by Crippen LogP contribution is 2.33. The van der Waals surface area contributed by atoms with Crippen LogP contribution >= 0.6 is 0 Å². The number of carbonyl (C=O) groups is 3. The van der Waals surface area contributed by atoms with Crippen LogP contribution in [0.15, 0.2) is 18.2 Å². The number of amides is 1. The Morgan fingerprint density at radius 2 is 1.73 bits per heavy atom. The van der Waals surface area contributed by atoms with Gasteiger partial charge in [-0.05, 0) is 68.0 Å². The second-order valence-corrected chi connectivity index (χ2v) is 5.98. The van der Waals surface area contributed by atoms with E-state index in [1.807, 2.05) is 6.07 Å². The van der Waals surface area contributed by atoms with Crippen LogP contribution in [-0.2, 0) is 20.8 Å². The molecular formula is C19H30N2O5. The summed E-state index contributed by atoms with van der Waals surface area (Å²) in [7, 11) is 0. The lowest BCUT2D eigenvalue weighted by Crippen LogP contribution is -2.14. The standard InChI is InChI=1S/C11H13NO.C6H15N.C2H2O4/c1-8-2-3-9-4-5-10(12-7-13)6-11(8)9;1-3-5-7-6-4-2;3-1(4)2(5)6/h4-8H,2-3H2,1H3,(H,12,13);7H,3-6H2,1-2H3;(H,3,4)(H,5,6). The Labute approximate surface area is 154 Å². The van der Waals surface area contributed by atoms with Crippen molar-refractivity contribution in [1.29, 1.82) is 0 Å². The molecule has 1 aliphatic carbocycles. The normalized spacial score (nSPS) is 14.0. The maximum atomic E-state index is 10.2. The molecule has 0 heterocycles. The summed E-state index contributed by atoms with van der Waals surface area (Å²) in [5.74, 6) is -3.01. The van der Waals surface area contributed by atoms with Crippen LogP contribution in [-0.4, -0.2) is 41.7 Å². The van der Waals surface area contributed by atoms with Crippen molar-refractivity contribution in [3.63, 3.8) is 0 Å². The fourth-order valence-corrected chi connectivity index (χ4v) is 2.45. The molecular weight excluding hydrogens is 336 g/mol. The fourth-order valence-electron chi connectivity index (χ4n) is 2.45. The molecule has 0 radical (unpaired) electrons. The average molecular weight is 366 g/mol. The first-order valence-corrected chi connectivity index (χ1v) is 8.87. The number of benzene rings is 1. The van der Waals surface area contributed by atoms with E-state index in [0.29, 0.717) is 5.92 Å². The predicted molar refractivity (Wildman–Crippen MR) is 102 cm³/mol. The zero-order valence-electron chi connectivity index (χ0n) is 15.7. The minimum absolute atomic E-state index is 0.642. The second kappa shape index (κ2) is 13.8. The van der Waals surface area contributed by atoms with Crippen molar-refractivity contribution >= 4 is 24.0 Å². The van der Waals surface area contributed by atoms with Crippen molar-refractivity contribution < 1.29 is 24.6 Å². The molecule has 1 atom stereocenters. The lowest BCUT2D eigenvalue weighted by atomic mass is 10.0. The Morgan fingerprint density at radius 3 is 2.19 bits per heavy atom. The number of aliphatic carboxylic acids is 2. The molecule has 0 aromatic heterocycles. The summed E-state index contributed by atoms with van der Waals surface area (Å²) in [4.78, 5) is 28.4. The van der Waals surface area contributed by atoms with Crippen LogP contribution in [0.3, 0.4) is 0 Å². The second-order valence-electron chi connectivity index (χ2n) is 5.98. The van der Waals surface area contributed by atoms with Gasteiger partial charge in [0.25, 0.3) is 0 Å².